The van der Waals surface area contributed by atoms with Crippen LogP contribution in [0.4, 0.5) is 13.2 Å². The van der Waals surface area contributed by atoms with E-state index in [9.17, 15) is 22.8 Å². The molecule has 0 aromatic carbocycles. The van der Waals surface area contributed by atoms with E-state index in [2.05, 4.69) is 10.3 Å². The van der Waals surface area contributed by atoms with Crippen LogP contribution in [-0.4, -0.2) is 65.4 Å². The van der Waals surface area contributed by atoms with Gasteiger partial charge in [-0.25, -0.2) is 4.98 Å². The molecule has 0 unspecified atom stereocenters. The highest BCUT2D eigenvalue weighted by atomic mass is 19.4. The molecular weight excluding hydrogens is 349 g/mol. The number of piperazine rings is 1. The number of hydrogen-bond donors (Lipinski definition) is 1. The van der Waals surface area contributed by atoms with Crippen molar-refractivity contribution in [3.63, 3.8) is 0 Å². The lowest BCUT2D eigenvalue weighted by Crippen LogP contribution is -2.51. The number of hydrogen-bond acceptors (Lipinski definition) is 4. The highest BCUT2D eigenvalue weighted by Gasteiger charge is 2.33. The fourth-order valence-corrected chi connectivity index (χ4v) is 2.80. The summed E-state index contributed by atoms with van der Waals surface area (Å²) in [4.78, 5) is 31.4. The van der Waals surface area contributed by atoms with Gasteiger partial charge in [0.2, 0.25) is 5.91 Å². The van der Waals surface area contributed by atoms with E-state index in [1.54, 1.807) is 4.90 Å². The van der Waals surface area contributed by atoms with Gasteiger partial charge in [0.15, 0.2) is 0 Å². The predicted molar refractivity (Wildman–Crippen MR) is 89.6 cm³/mol. The second-order valence-electron chi connectivity index (χ2n) is 6.62. The van der Waals surface area contributed by atoms with E-state index in [-0.39, 0.29) is 35.7 Å². The molecule has 1 aliphatic rings. The van der Waals surface area contributed by atoms with Crippen LogP contribution >= 0.6 is 0 Å². The number of carbonyl (C=O) groups excluding carboxylic acids is 2. The summed E-state index contributed by atoms with van der Waals surface area (Å²) in [6, 6.07) is 2.07. The van der Waals surface area contributed by atoms with Crippen molar-refractivity contribution < 1.29 is 22.8 Å². The van der Waals surface area contributed by atoms with Gasteiger partial charge in [-0.1, -0.05) is 0 Å². The van der Waals surface area contributed by atoms with E-state index in [1.807, 2.05) is 18.7 Å². The average molecular weight is 372 g/mol. The summed E-state index contributed by atoms with van der Waals surface area (Å²) in [5.41, 5.74) is -0.778. The zero-order valence-corrected chi connectivity index (χ0v) is 15.1. The molecule has 9 heteroatoms. The van der Waals surface area contributed by atoms with Crippen molar-refractivity contribution in [2.45, 2.75) is 33.0 Å². The van der Waals surface area contributed by atoms with Gasteiger partial charge >= 0.3 is 6.18 Å². The Labute approximate surface area is 150 Å². The predicted octanol–water partition coefficient (Wildman–Crippen LogP) is 1.69. The minimum atomic E-state index is -4.53. The molecule has 26 heavy (non-hydrogen) atoms. The van der Waals surface area contributed by atoms with Crippen molar-refractivity contribution in [3.05, 3.63) is 29.1 Å². The maximum absolute atomic E-state index is 12.7. The number of nitrogens with zero attached hydrogens (tertiary/aromatic N) is 3. The molecule has 1 aromatic rings. The van der Waals surface area contributed by atoms with E-state index in [0.717, 1.165) is 6.07 Å². The molecule has 2 amide bonds. The first-order valence-electron chi connectivity index (χ1n) is 8.43. The standard InChI is InChI=1S/C17H23F3N4O2/c1-11(2)21-15(25)10-23-6-8-24(9-7-23)16(26)13-4-5-14(17(18,19)20)22-12(13)3/h4-5,11H,6-10H2,1-3H3,(H,21,25). The lowest BCUT2D eigenvalue weighted by Gasteiger charge is -2.34. The van der Waals surface area contributed by atoms with Gasteiger partial charge in [0.25, 0.3) is 5.91 Å². The van der Waals surface area contributed by atoms with E-state index >= 15 is 0 Å². The highest BCUT2D eigenvalue weighted by Crippen LogP contribution is 2.28. The van der Waals surface area contributed by atoms with Crippen molar-refractivity contribution in [2.24, 2.45) is 0 Å². The molecule has 144 valence electrons. The van der Waals surface area contributed by atoms with Crippen molar-refractivity contribution >= 4 is 11.8 Å². The molecule has 2 heterocycles. The average Bonchev–Trinajstić information content (AvgIpc) is 2.53. The molecule has 0 aliphatic carbocycles. The largest absolute Gasteiger partial charge is 0.433 e. The number of amides is 2. The SMILES string of the molecule is Cc1nc(C(F)(F)F)ccc1C(=O)N1CCN(CC(=O)NC(C)C)CC1. The molecule has 0 radical (unpaired) electrons. The monoisotopic (exact) mass is 372 g/mol. The lowest BCUT2D eigenvalue weighted by atomic mass is 10.1. The fraction of sp³-hybridized carbons (Fsp3) is 0.588. The third-order valence-electron chi connectivity index (χ3n) is 4.08. The van der Waals surface area contributed by atoms with Crippen LogP contribution in [0.1, 0.15) is 35.6 Å². The van der Waals surface area contributed by atoms with E-state index in [0.29, 0.717) is 26.2 Å². The minimum Gasteiger partial charge on any atom is -0.353 e. The Bertz CT molecular complexity index is 668. The lowest BCUT2D eigenvalue weighted by molar-refractivity contribution is -0.141. The third-order valence-corrected chi connectivity index (χ3v) is 4.08. The van der Waals surface area contributed by atoms with E-state index < -0.39 is 11.9 Å². The quantitative estimate of drug-likeness (QED) is 0.874. The van der Waals surface area contributed by atoms with Gasteiger partial charge in [0.05, 0.1) is 17.8 Å². The van der Waals surface area contributed by atoms with Gasteiger partial charge in [-0.3, -0.25) is 14.5 Å². The van der Waals surface area contributed by atoms with E-state index in [1.165, 1.54) is 13.0 Å². The Morgan fingerprint density at radius 1 is 1.19 bits per heavy atom. The normalized spacial score (nSPS) is 16.0. The topological polar surface area (TPSA) is 65.5 Å². The van der Waals surface area contributed by atoms with Gasteiger partial charge < -0.3 is 10.2 Å². The van der Waals surface area contributed by atoms with E-state index in [4.69, 9.17) is 0 Å². The van der Waals surface area contributed by atoms with Crippen LogP contribution in [0.2, 0.25) is 0 Å². The van der Waals surface area contributed by atoms with Gasteiger partial charge in [-0.05, 0) is 32.9 Å². The molecule has 0 spiro atoms. The Kier molecular flexibility index (Phi) is 6.22. The summed E-state index contributed by atoms with van der Waals surface area (Å²) in [7, 11) is 0. The van der Waals surface area contributed by atoms with Crippen LogP contribution in [0, 0.1) is 6.92 Å². The highest BCUT2D eigenvalue weighted by molar-refractivity contribution is 5.95. The van der Waals surface area contributed by atoms with Crippen LogP contribution < -0.4 is 5.32 Å². The Balaban J connectivity index is 1.95. The van der Waals surface area contributed by atoms with Gasteiger partial charge in [-0.2, -0.15) is 13.2 Å². The number of aryl methyl sites for hydroxylation is 1. The first-order chi connectivity index (χ1) is 12.1. The number of pyridine rings is 1. The number of rotatable bonds is 4. The summed E-state index contributed by atoms with van der Waals surface area (Å²) in [5, 5.41) is 2.81. The minimum absolute atomic E-state index is 0.0589. The molecule has 1 fully saturated rings. The molecule has 6 nitrogen and oxygen atoms in total. The Morgan fingerprint density at radius 2 is 1.81 bits per heavy atom. The second kappa shape index (κ2) is 8.03. The van der Waals surface area contributed by atoms with Gasteiger partial charge in [-0.15, -0.1) is 0 Å². The molecule has 0 bridgehead atoms. The number of nitrogens with one attached hydrogen (secondary N) is 1. The van der Waals surface area contributed by atoms with Crippen LogP contribution in [0.15, 0.2) is 12.1 Å². The van der Waals surface area contributed by atoms with Crippen molar-refractivity contribution in [2.75, 3.05) is 32.7 Å². The number of alkyl halides is 3. The Hall–Kier alpha value is -2.16. The summed E-state index contributed by atoms with van der Waals surface area (Å²) in [6.45, 7) is 7.32. The number of halogens is 3. The zero-order chi connectivity index (χ0) is 19.5. The maximum atomic E-state index is 12.7. The third kappa shape index (κ3) is 5.17. The van der Waals surface area contributed by atoms with Crippen LogP contribution in [0.3, 0.4) is 0 Å². The van der Waals surface area contributed by atoms with Crippen LogP contribution in [0.25, 0.3) is 0 Å². The summed E-state index contributed by atoms with van der Waals surface area (Å²) in [5.74, 6) is -0.405. The first-order valence-corrected chi connectivity index (χ1v) is 8.43. The fourth-order valence-electron chi connectivity index (χ4n) is 2.80. The smallest absolute Gasteiger partial charge is 0.353 e. The number of carbonyl (C=O) groups is 2. The first kappa shape index (κ1) is 20.2. The van der Waals surface area contributed by atoms with Gasteiger partial charge in [0.1, 0.15) is 5.69 Å². The molecule has 1 aliphatic heterocycles. The van der Waals surface area contributed by atoms with Crippen LogP contribution in [0.5, 0.6) is 0 Å². The number of aromatic nitrogens is 1. The molecule has 1 N–H and O–H groups in total. The van der Waals surface area contributed by atoms with Crippen LogP contribution in [-0.2, 0) is 11.0 Å². The summed E-state index contributed by atoms with van der Waals surface area (Å²) < 4.78 is 38.1. The zero-order valence-electron chi connectivity index (χ0n) is 15.1. The molecule has 0 saturated carbocycles. The molecular formula is C17H23F3N4O2. The van der Waals surface area contributed by atoms with Crippen molar-refractivity contribution in [3.8, 4) is 0 Å². The molecule has 1 aromatic heterocycles. The molecule has 2 rings (SSSR count). The molecule has 1 saturated heterocycles. The molecule has 0 atom stereocenters. The van der Waals surface area contributed by atoms with Crippen molar-refractivity contribution in [1.29, 1.82) is 0 Å². The Morgan fingerprint density at radius 3 is 2.31 bits per heavy atom. The van der Waals surface area contributed by atoms with Gasteiger partial charge in [0, 0.05) is 32.2 Å². The maximum Gasteiger partial charge on any atom is 0.433 e. The second-order valence-corrected chi connectivity index (χ2v) is 6.62. The summed E-state index contributed by atoms with van der Waals surface area (Å²) >= 11 is 0. The van der Waals surface area contributed by atoms with Crippen molar-refractivity contribution in [1.82, 2.24) is 20.1 Å². The summed E-state index contributed by atoms with van der Waals surface area (Å²) in [6.07, 6.45) is -4.53.